The molecule has 0 aliphatic carbocycles. The third kappa shape index (κ3) is 5.71. The van der Waals surface area contributed by atoms with Crippen LogP contribution in [0.25, 0.3) is 5.69 Å². The van der Waals surface area contributed by atoms with Gasteiger partial charge < -0.3 is 10.6 Å². The molecule has 1 atom stereocenters. The van der Waals surface area contributed by atoms with Crippen molar-refractivity contribution in [2.75, 3.05) is 11.1 Å². The van der Waals surface area contributed by atoms with Crippen LogP contribution in [0.1, 0.15) is 12.2 Å². The fourth-order valence-corrected chi connectivity index (χ4v) is 4.02. The van der Waals surface area contributed by atoms with Gasteiger partial charge in [0, 0.05) is 30.3 Å². The van der Waals surface area contributed by atoms with E-state index in [9.17, 15) is 23.2 Å². The molecule has 33 heavy (non-hydrogen) atoms. The summed E-state index contributed by atoms with van der Waals surface area (Å²) >= 11 is 1.10. The second-order valence-electron chi connectivity index (χ2n) is 7.18. The minimum atomic E-state index is -0.587. The van der Waals surface area contributed by atoms with E-state index >= 15 is 0 Å². The minimum Gasteiger partial charge on any atom is -0.334 e. The number of amides is 4. The summed E-state index contributed by atoms with van der Waals surface area (Å²) in [6.45, 7) is 0. The van der Waals surface area contributed by atoms with Gasteiger partial charge in [-0.3, -0.25) is 19.5 Å². The van der Waals surface area contributed by atoms with Gasteiger partial charge in [-0.25, -0.2) is 13.6 Å². The second-order valence-corrected chi connectivity index (χ2v) is 8.12. The van der Waals surface area contributed by atoms with Gasteiger partial charge in [0.05, 0.1) is 5.75 Å². The lowest BCUT2D eigenvalue weighted by molar-refractivity contribution is -0.121. The fourth-order valence-electron chi connectivity index (χ4n) is 3.25. The van der Waals surface area contributed by atoms with E-state index in [2.05, 4.69) is 26.1 Å². The van der Waals surface area contributed by atoms with Crippen molar-refractivity contribution in [3.8, 4) is 5.69 Å². The van der Waals surface area contributed by atoms with Crippen LogP contribution in [0.15, 0.2) is 53.7 Å². The van der Waals surface area contributed by atoms with Crippen LogP contribution in [0, 0.1) is 11.6 Å². The van der Waals surface area contributed by atoms with Crippen LogP contribution in [-0.4, -0.2) is 44.4 Å². The molecule has 2 heterocycles. The third-order valence-corrected chi connectivity index (χ3v) is 5.62. The average Bonchev–Trinajstić information content (AvgIpc) is 3.16. The lowest BCUT2D eigenvalue weighted by Gasteiger charge is -2.23. The summed E-state index contributed by atoms with van der Waals surface area (Å²) in [5.74, 6) is -1.14. The lowest BCUT2D eigenvalue weighted by atomic mass is 10.1. The Morgan fingerprint density at radius 2 is 1.73 bits per heavy atom. The van der Waals surface area contributed by atoms with Gasteiger partial charge >= 0.3 is 6.03 Å². The summed E-state index contributed by atoms with van der Waals surface area (Å²) in [6, 6.07) is 9.95. The number of rotatable bonds is 7. The van der Waals surface area contributed by atoms with Gasteiger partial charge in [-0.05, 0) is 48.5 Å². The Morgan fingerprint density at radius 1 is 1.06 bits per heavy atom. The predicted octanol–water partition coefficient (Wildman–Crippen LogP) is 2.42. The number of benzene rings is 2. The molecule has 2 aromatic carbocycles. The van der Waals surface area contributed by atoms with E-state index in [4.69, 9.17) is 0 Å². The number of hydrogen-bond donors (Lipinski definition) is 3. The maximum Gasteiger partial charge on any atom is 0.321 e. The van der Waals surface area contributed by atoms with E-state index in [-0.39, 0.29) is 24.5 Å². The number of halogens is 2. The van der Waals surface area contributed by atoms with Crippen molar-refractivity contribution < 1.29 is 23.2 Å². The van der Waals surface area contributed by atoms with Crippen molar-refractivity contribution in [3.05, 3.63) is 66.0 Å². The number of hydrogen-bond acceptors (Lipinski definition) is 6. The van der Waals surface area contributed by atoms with E-state index in [0.29, 0.717) is 22.4 Å². The number of nitrogens with one attached hydrogen (secondary N) is 3. The second kappa shape index (κ2) is 9.77. The first kappa shape index (κ1) is 22.4. The molecule has 9 nitrogen and oxygen atoms in total. The van der Waals surface area contributed by atoms with Gasteiger partial charge in [0.15, 0.2) is 5.16 Å². The van der Waals surface area contributed by atoms with Crippen molar-refractivity contribution in [2.24, 2.45) is 0 Å². The summed E-state index contributed by atoms with van der Waals surface area (Å²) in [5, 5.41) is 16.2. The van der Waals surface area contributed by atoms with Crippen LogP contribution >= 0.6 is 11.8 Å². The van der Waals surface area contributed by atoms with Gasteiger partial charge in [-0.2, -0.15) is 0 Å². The van der Waals surface area contributed by atoms with Gasteiger partial charge in [0.1, 0.15) is 17.5 Å². The standard InChI is InChI=1S/C21H18F2N6O3S/c22-12-1-5-14(6-2-12)24-19(31)11-33-21-28-27-17(9-15-10-18(30)26-20(32)25-15)29(21)16-7-3-13(23)4-8-16/h1-8,15H,9-11H2,(H,24,31)(H2,25,26,30,32). The number of carbonyl (C=O) groups is 3. The topological polar surface area (TPSA) is 118 Å². The molecule has 1 unspecified atom stereocenters. The van der Waals surface area contributed by atoms with Crippen LogP contribution in [0.3, 0.4) is 0 Å². The molecular formula is C21H18F2N6O3S. The van der Waals surface area contributed by atoms with Crippen LogP contribution < -0.4 is 16.0 Å². The summed E-state index contributed by atoms with van der Waals surface area (Å²) in [5.41, 5.74) is 1.01. The average molecular weight is 472 g/mol. The van der Waals surface area contributed by atoms with Gasteiger partial charge in [-0.15, -0.1) is 10.2 Å². The highest BCUT2D eigenvalue weighted by Crippen LogP contribution is 2.24. The Hall–Kier alpha value is -3.80. The molecule has 4 amide bonds. The van der Waals surface area contributed by atoms with Crippen LogP contribution in [0.2, 0.25) is 0 Å². The zero-order valence-electron chi connectivity index (χ0n) is 17.0. The van der Waals surface area contributed by atoms with Crippen molar-refractivity contribution in [3.63, 3.8) is 0 Å². The molecule has 4 rings (SSSR count). The molecule has 0 bridgehead atoms. The summed E-state index contributed by atoms with van der Waals surface area (Å²) in [6.07, 6.45) is 0.274. The molecule has 0 saturated carbocycles. The number of aromatic nitrogens is 3. The van der Waals surface area contributed by atoms with Gasteiger partial charge in [0.25, 0.3) is 0 Å². The zero-order valence-corrected chi connectivity index (χ0v) is 17.9. The van der Waals surface area contributed by atoms with Gasteiger partial charge in [0.2, 0.25) is 11.8 Å². The first-order valence-corrected chi connectivity index (χ1v) is 10.8. The van der Waals surface area contributed by atoms with E-state index in [1.54, 1.807) is 4.57 Å². The molecule has 3 aromatic rings. The lowest BCUT2D eigenvalue weighted by Crippen LogP contribution is -2.53. The maximum atomic E-state index is 13.5. The Labute approximate surface area is 191 Å². The highest BCUT2D eigenvalue weighted by atomic mass is 32.2. The molecule has 1 fully saturated rings. The predicted molar refractivity (Wildman–Crippen MR) is 116 cm³/mol. The Morgan fingerprint density at radius 3 is 2.39 bits per heavy atom. The van der Waals surface area contributed by atoms with Crippen LogP contribution in [0.5, 0.6) is 0 Å². The van der Waals surface area contributed by atoms with E-state index in [1.807, 2.05) is 0 Å². The molecule has 1 aliphatic heterocycles. The third-order valence-electron chi connectivity index (χ3n) is 4.69. The number of thioether (sulfide) groups is 1. The Balaban J connectivity index is 1.52. The number of carbonyl (C=O) groups excluding carboxylic acids is 3. The number of imide groups is 1. The number of urea groups is 1. The SMILES string of the molecule is O=C1CC(Cc2nnc(SCC(=O)Nc3ccc(F)cc3)n2-c2ccc(F)cc2)NC(=O)N1. The maximum absolute atomic E-state index is 13.5. The normalized spacial score (nSPS) is 15.6. The number of anilines is 1. The number of nitrogens with zero attached hydrogens (tertiary/aromatic N) is 3. The fraction of sp³-hybridized carbons (Fsp3) is 0.190. The summed E-state index contributed by atoms with van der Waals surface area (Å²) in [7, 11) is 0. The van der Waals surface area contributed by atoms with Crippen LogP contribution in [0.4, 0.5) is 19.3 Å². The van der Waals surface area contributed by atoms with Crippen molar-refractivity contribution in [1.82, 2.24) is 25.4 Å². The zero-order chi connectivity index (χ0) is 23.4. The highest BCUT2D eigenvalue weighted by Gasteiger charge is 2.27. The largest absolute Gasteiger partial charge is 0.334 e. The highest BCUT2D eigenvalue weighted by molar-refractivity contribution is 7.99. The molecule has 1 saturated heterocycles. The Bertz CT molecular complexity index is 1170. The summed E-state index contributed by atoms with van der Waals surface area (Å²) in [4.78, 5) is 35.6. The van der Waals surface area contributed by atoms with Crippen molar-refractivity contribution in [2.45, 2.75) is 24.0 Å². The van der Waals surface area contributed by atoms with E-state index in [1.165, 1.54) is 48.5 Å². The molecule has 0 radical (unpaired) electrons. The molecular weight excluding hydrogens is 454 g/mol. The van der Waals surface area contributed by atoms with Crippen LogP contribution in [-0.2, 0) is 16.0 Å². The first-order valence-electron chi connectivity index (χ1n) is 9.86. The summed E-state index contributed by atoms with van der Waals surface area (Å²) < 4.78 is 28.1. The van der Waals surface area contributed by atoms with E-state index < -0.39 is 29.6 Å². The van der Waals surface area contributed by atoms with Crippen molar-refractivity contribution in [1.29, 1.82) is 0 Å². The monoisotopic (exact) mass is 472 g/mol. The molecule has 1 aliphatic rings. The minimum absolute atomic E-state index is 0.0146. The van der Waals surface area contributed by atoms with E-state index in [0.717, 1.165) is 11.8 Å². The Kier molecular flexibility index (Phi) is 6.63. The van der Waals surface area contributed by atoms with Crippen molar-refractivity contribution >= 4 is 35.3 Å². The molecule has 0 spiro atoms. The molecule has 170 valence electrons. The molecule has 3 N–H and O–H groups in total. The molecule has 1 aromatic heterocycles. The molecule has 12 heteroatoms. The van der Waals surface area contributed by atoms with Gasteiger partial charge in [-0.1, -0.05) is 11.8 Å². The quantitative estimate of drug-likeness (QED) is 0.455. The first-order chi connectivity index (χ1) is 15.9. The smallest absolute Gasteiger partial charge is 0.321 e.